The first kappa shape index (κ1) is 15.7. The van der Waals surface area contributed by atoms with Crippen LogP contribution in [0.2, 0.25) is 5.02 Å². The zero-order valence-electron chi connectivity index (χ0n) is 11.4. The van der Waals surface area contributed by atoms with Crippen LogP contribution in [-0.2, 0) is 16.4 Å². The van der Waals surface area contributed by atoms with Crippen LogP contribution < -0.4 is 10.5 Å². The van der Waals surface area contributed by atoms with Crippen LogP contribution in [0.3, 0.4) is 0 Å². The van der Waals surface area contributed by atoms with E-state index in [1.807, 2.05) is 0 Å². The number of hydrogen-bond donors (Lipinski definition) is 2. The number of nitrogens with one attached hydrogen (secondary N) is 1. The Morgan fingerprint density at radius 2 is 1.95 bits per heavy atom. The lowest BCUT2D eigenvalue weighted by Gasteiger charge is -2.08. The second-order valence-electron chi connectivity index (χ2n) is 4.48. The molecule has 1 aromatic heterocycles. The Balaban J connectivity index is 1.96. The van der Waals surface area contributed by atoms with Gasteiger partial charge in [0, 0.05) is 6.54 Å². The highest BCUT2D eigenvalue weighted by Gasteiger charge is 2.07. The molecule has 3 N–H and O–H groups in total. The molecule has 0 amide bonds. The highest BCUT2D eigenvalue weighted by Crippen LogP contribution is 2.17. The van der Waals surface area contributed by atoms with E-state index in [-0.39, 0.29) is 4.90 Å². The van der Waals surface area contributed by atoms with Gasteiger partial charge in [0.2, 0.25) is 10.0 Å². The number of hydrogen-bond acceptors (Lipinski definition) is 5. The smallest absolute Gasteiger partial charge is 0.238 e. The quantitative estimate of drug-likeness (QED) is 0.872. The number of halogens is 1. The number of sulfonamides is 1. The van der Waals surface area contributed by atoms with Gasteiger partial charge in [0.25, 0.3) is 0 Å². The van der Waals surface area contributed by atoms with E-state index in [1.165, 1.54) is 12.1 Å². The average molecular weight is 327 g/mol. The molecule has 0 fully saturated rings. The fourth-order valence-electron chi connectivity index (χ4n) is 1.75. The number of nitrogens with zero attached hydrogens (tertiary/aromatic N) is 2. The number of anilines is 1. The van der Waals surface area contributed by atoms with E-state index in [9.17, 15) is 8.42 Å². The van der Waals surface area contributed by atoms with E-state index in [1.54, 1.807) is 25.3 Å². The minimum absolute atomic E-state index is 0.105. The highest BCUT2D eigenvalue weighted by molar-refractivity contribution is 7.89. The predicted octanol–water partition coefficient (Wildman–Crippen LogP) is 1.74. The molecular weight excluding hydrogens is 312 g/mol. The molecule has 0 aliphatic carbocycles. The average Bonchev–Trinajstić information content (AvgIpc) is 2.42. The monoisotopic (exact) mass is 326 g/mol. The van der Waals surface area contributed by atoms with Crippen molar-refractivity contribution in [2.24, 2.45) is 5.14 Å². The van der Waals surface area contributed by atoms with Crippen LogP contribution in [0.25, 0.3) is 0 Å². The summed E-state index contributed by atoms with van der Waals surface area (Å²) in [5.74, 6) is 1.23. The summed E-state index contributed by atoms with van der Waals surface area (Å²) in [5.41, 5.74) is 0.983. The number of benzene rings is 1. The molecule has 0 radical (unpaired) electrons. The van der Waals surface area contributed by atoms with Gasteiger partial charge in [-0.15, -0.1) is 0 Å². The molecule has 1 heterocycles. The number of primary sulfonamides is 1. The molecular formula is C13H15ClN4O2S. The van der Waals surface area contributed by atoms with Crippen LogP contribution in [0.1, 0.15) is 11.4 Å². The van der Waals surface area contributed by atoms with Crippen molar-refractivity contribution >= 4 is 27.4 Å². The van der Waals surface area contributed by atoms with Gasteiger partial charge in [0.05, 0.1) is 11.1 Å². The van der Waals surface area contributed by atoms with Gasteiger partial charge in [0.1, 0.15) is 16.7 Å². The Kier molecular flexibility index (Phi) is 4.76. The molecule has 0 aliphatic heterocycles. The van der Waals surface area contributed by atoms with E-state index in [2.05, 4.69) is 15.3 Å². The van der Waals surface area contributed by atoms with Crippen molar-refractivity contribution in [3.63, 3.8) is 0 Å². The zero-order chi connectivity index (χ0) is 15.5. The van der Waals surface area contributed by atoms with Crippen molar-refractivity contribution in [2.45, 2.75) is 18.2 Å². The van der Waals surface area contributed by atoms with Crippen molar-refractivity contribution in [3.05, 3.63) is 46.9 Å². The Labute approximate surface area is 128 Å². The molecule has 0 unspecified atom stereocenters. The van der Waals surface area contributed by atoms with Crippen molar-refractivity contribution in [2.75, 3.05) is 11.9 Å². The van der Waals surface area contributed by atoms with Gasteiger partial charge in [-0.25, -0.2) is 23.5 Å². The molecule has 2 rings (SSSR count). The standard InChI is InChI=1S/C13H15ClN4O2S/c1-9-17-8-12(14)13(18-9)16-7-6-10-2-4-11(5-3-10)21(15,19)20/h2-5,8H,6-7H2,1H3,(H2,15,19,20)(H,16,17,18). The summed E-state index contributed by atoms with van der Waals surface area (Å²) in [6.45, 7) is 2.40. The Hall–Kier alpha value is -1.70. The summed E-state index contributed by atoms with van der Waals surface area (Å²) < 4.78 is 22.3. The van der Waals surface area contributed by atoms with E-state index in [0.717, 1.165) is 5.56 Å². The maximum atomic E-state index is 11.1. The summed E-state index contributed by atoms with van der Waals surface area (Å²) >= 11 is 5.98. The van der Waals surface area contributed by atoms with Crippen LogP contribution in [-0.4, -0.2) is 24.9 Å². The largest absolute Gasteiger partial charge is 0.368 e. The molecule has 0 aliphatic rings. The first-order valence-corrected chi connectivity index (χ1v) is 8.13. The molecule has 8 heteroatoms. The fourth-order valence-corrected chi connectivity index (χ4v) is 2.42. The summed E-state index contributed by atoms with van der Waals surface area (Å²) in [7, 11) is -3.64. The van der Waals surface area contributed by atoms with Gasteiger partial charge >= 0.3 is 0 Å². The number of aromatic nitrogens is 2. The van der Waals surface area contributed by atoms with Crippen molar-refractivity contribution in [1.29, 1.82) is 0 Å². The molecule has 21 heavy (non-hydrogen) atoms. The van der Waals surface area contributed by atoms with E-state index >= 15 is 0 Å². The maximum absolute atomic E-state index is 11.1. The minimum atomic E-state index is -3.64. The first-order valence-electron chi connectivity index (χ1n) is 6.21. The molecule has 0 atom stereocenters. The van der Waals surface area contributed by atoms with Crippen molar-refractivity contribution in [1.82, 2.24) is 9.97 Å². The Morgan fingerprint density at radius 1 is 1.29 bits per heavy atom. The second kappa shape index (κ2) is 6.38. The van der Waals surface area contributed by atoms with Crippen LogP contribution in [0, 0.1) is 6.92 Å². The third-order valence-electron chi connectivity index (χ3n) is 2.82. The topological polar surface area (TPSA) is 98.0 Å². The molecule has 0 saturated carbocycles. The number of rotatable bonds is 5. The third-order valence-corrected chi connectivity index (χ3v) is 4.03. The molecule has 1 aromatic carbocycles. The Bertz CT molecular complexity index is 732. The first-order chi connectivity index (χ1) is 9.86. The van der Waals surface area contributed by atoms with Crippen molar-refractivity contribution in [3.8, 4) is 0 Å². The maximum Gasteiger partial charge on any atom is 0.238 e. The lowest BCUT2D eigenvalue weighted by atomic mass is 10.1. The molecule has 2 aromatic rings. The summed E-state index contributed by atoms with van der Waals surface area (Å²) in [5, 5.41) is 8.63. The van der Waals surface area contributed by atoms with Gasteiger partial charge in [0.15, 0.2) is 0 Å². The number of aryl methyl sites for hydroxylation is 1. The zero-order valence-corrected chi connectivity index (χ0v) is 12.9. The van der Waals surface area contributed by atoms with Crippen LogP contribution >= 0.6 is 11.6 Å². The van der Waals surface area contributed by atoms with Crippen LogP contribution in [0.4, 0.5) is 5.82 Å². The van der Waals surface area contributed by atoms with Crippen LogP contribution in [0.15, 0.2) is 35.4 Å². The summed E-state index contributed by atoms with van der Waals surface area (Å²) in [4.78, 5) is 8.29. The normalized spacial score (nSPS) is 11.4. The lowest BCUT2D eigenvalue weighted by Crippen LogP contribution is -2.12. The SMILES string of the molecule is Cc1ncc(Cl)c(NCCc2ccc(S(N)(=O)=O)cc2)n1. The summed E-state index contributed by atoms with van der Waals surface area (Å²) in [6.07, 6.45) is 2.25. The van der Waals surface area contributed by atoms with Crippen LogP contribution in [0.5, 0.6) is 0 Å². The molecule has 0 spiro atoms. The lowest BCUT2D eigenvalue weighted by molar-refractivity contribution is 0.598. The number of nitrogens with two attached hydrogens (primary N) is 1. The summed E-state index contributed by atoms with van der Waals surface area (Å²) in [6, 6.07) is 6.45. The molecule has 0 bridgehead atoms. The van der Waals surface area contributed by atoms with Crippen molar-refractivity contribution < 1.29 is 8.42 Å². The van der Waals surface area contributed by atoms with Gasteiger partial charge in [-0.05, 0) is 31.0 Å². The minimum Gasteiger partial charge on any atom is -0.368 e. The van der Waals surface area contributed by atoms with Gasteiger partial charge < -0.3 is 5.32 Å². The van der Waals surface area contributed by atoms with E-state index < -0.39 is 10.0 Å². The third kappa shape index (κ3) is 4.38. The molecule has 112 valence electrons. The fraction of sp³-hybridized carbons (Fsp3) is 0.231. The second-order valence-corrected chi connectivity index (χ2v) is 6.45. The van der Waals surface area contributed by atoms with Gasteiger partial charge in [-0.2, -0.15) is 0 Å². The van der Waals surface area contributed by atoms with E-state index in [0.29, 0.717) is 29.6 Å². The highest BCUT2D eigenvalue weighted by atomic mass is 35.5. The van der Waals surface area contributed by atoms with Gasteiger partial charge in [-0.1, -0.05) is 23.7 Å². The molecule has 0 saturated heterocycles. The van der Waals surface area contributed by atoms with Gasteiger partial charge in [-0.3, -0.25) is 0 Å². The molecule has 6 nitrogen and oxygen atoms in total. The predicted molar refractivity (Wildman–Crippen MR) is 81.8 cm³/mol. The Morgan fingerprint density at radius 3 is 2.57 bits per heavy atom. The van der Waals surface area contributed by atoms with E-state index in [4.69, 9.17) is 16.7 Å².